The highest BCUT2D eigenvalue weighted by Gasteiger charge is 2.11. The van der Waals surface area contributed by atoms with Gasteiger partial charge in [0, 0.05) is 0 Å². The number of aryl methyl sites for hydroxylation is 2. The Bertz CT molecular complexity index is 1250. The maximum atomic E-state index is 2.50. The molecule has 4 rings (SSSR count). The Morgan fingerprint density at radius 2 is 0.442 bits per heavy atom. The molecule has 0 fully saturated rings. The molecule has 0 spiro atoms. The van der Waals surface area contributed by atoms with Gasteiger partial charge in [-0.15, -0.1) is 0 Å². The summed E-state index contributed by atoms with van der Waals surface area (Å²) in [6, 6.07) is 19.6. The summed E-state index contributed by atoms with van der Waals surface area (Å²) in [6.07, 6.45) is 48.3. The topological polar surface area (TPSA) is 0 Å². The minimum Gasteiger partial charge on any atom is -0.0654 e. The van der Waals surface area contributed by atoms with E-state index >= 15 is 0 Å². The third kappa shape index (κ3) is 16.5. The molecule has 52 heavy (non-hydrogen) atoms. The van der Waals surface area contributed by atoms with Crippen LogP contribution in [0.2, 0.25) is 0 Å². The van der Waals surface area contributed by atoms with E-state index in [0.717, 1.165) is 0 Å². The molecule has 0 aliphatic heterocycles. The minimum atomic E-state index is 1.22. The minimum absolute atomic E-state index is 1.22. The van der Waals surface area contributed by atoms with Crippen molar-refractivity contribution < 1.29 is 0 Å². The van der Waals surface area contributed by atoms with E-state index in [0.29, 0.717) is 0 Å². The highest BCUT2D eigenvalue weighted by molar-refractivity contribution is 6.23. The number of rotatable bonds is 34. The van der Waals surface area contributed by atoms with Crippen LogP contribution in [-0.2, 0) is 12.8 Å². The highest BCUT2D eigenvalue weighted by atomic mass is 14.1. The molecule has 0 aromatic heterocycles. The van der Waals surface area contributed by atoms with Crippen LogP contribution in [0.3, 0.4) is 0 Å². The van der Waals surface area contributed by atoms with Gasteiger partial charge in [-0.1, -0.05) is 255 Å². The van der Waals surface area contributed by atoms with Gasteiger partial charge in [0.15, 0.2) is 0 Å². The third-order valence-corrected chi connectivity index (χ3v) is 12.3. The fourth-order valence-corrected chi connectivity index (χ4v) is 9.01. The van der Waals surface area contributed by atoms with Crippen molar-refractivity contribution in [2.45, 2.75) is 232 Å². The lowest BCUT2D eigenvalue weighted by molar-refractivity contribution is 0.529. The first-order valence-electron chi connectivity index (χ1n) is 23.5. The standard InChI is InChI=1S/C52H82/c1-3-5-7-9-11-13-15-17-19-21-23-25-27-29-31-33-35-45-41-47-37-39-49-43-46(44-50-40-38-48(42-45)51(47)52(49)50)36-34-32-30-28-26-24-22-20-18-16-14-12-10-8-6-4-2/h37-44H,3-36H2,1-2H3. The van der Waals surface area contributed by atoms with Crippen LogP contribution in [-0.4, -0.2) is 0 Å². The molecule has 0 unspecified atom stereocenters. The first-order valence-corrected chi connectivity index (χ1v) is 23.5. The Morgan fingerprint density at radius 1 is 0.250 bits per heavy atom. The SMILES string of the molecule is CCCCCCCCCCCCCCCCCCc1cc2ccc3cc(CCCCCCCCCCCCCCCCCC)cc4ccc(c1)c2c34. The van der Waals surface area contributed by atoms with Crippen molar-refractivity contribution in [1.82, 2.24) is 0 Å². The van der Waals surface area contributed by atoms with Gasteiger partial charge >= 0.3 is 0 Å². The molecule has 0 N–H and O–H groups in total. The summed E-state index contributed by atoms with van der Waals surface area (Å²) >= 11 is 0. The fourth-order valence-electron chi connectivity index (χ4n) is 9.01. The molecule has 0 bridgehead atoms. The zero-order valence-electron chi connectivity index (χ0n) is 34.7. The Labute approximate surface area is 323 Å². The van der Waals surface area contributed by atoms with Gasteiger partial charge in [0.2, 0.25) is 0 Å². The first-order chi connectivity index (χ1) is 25.8. The van der Waals surface area contributed by atoms with E-state index in [1.807, 2.05) is 0 Å². The van der Waals surface area contributed by atoms with E-state index in [1.54, 1.807) is 0 Å². The summed E-state index contributed by atoms with van der Waals surface area (Å²) < 4.78 is 0. The molecule has 0 heterocycles. The molecule has 4 aromatic rings. The van der Waals surface area contributed by atoms with Crippen molar-refractivity contribution >= 4 is 32.3 Å². The lowest BCUT2D eigenvalue weighted by Crippen LogP contribution is -1.92. The number of benzene rings is 4. The summed E-state index contributed by atoms with van der Waals surface area (Å²) in [5.41, 5.74) is 3.06. The molecule has 0 amide bonds. The third-order valence-electron chi connectivity index (χ3n) is 12.3. The van der Waals surface area contributed by atoms with E-state index in [1.165, 1.54) is 262 Å². The average molecular weight is 707 g/mol. The number of hydrogen-bond donors (Lipinski definition) is 0. The van der Waals surface area contributed by atoms with E-state index in [-0.39, 0.29) is 0 Å². The van der Waals surface area contributed by atoms with Crippen LogP contribution < -0.4 is 0 Å². The monoisotopic (exact) mass is 707 g/mol. The van der Waals surface area contributed by atoms with Gasteiger partial charge in [-0.25, -0.2) is 0 Å². The number of hydrogen-bond acceptors (Lipinski definition) is 0. The van der Waals surface area contributed by atoms with Gasteiger partial charge in [-0.3, -0.25) is 0 Å². The molecule has 0 heteroatoms. The molecular weight excluding hydrogens is 625 g/mol. The van der Waals surface area contributed by atoms with Crippen molar-refractivity contribution in [1.29, 1.82) is 0 Å². The highest BCUT2D eigenvalue weighted by Crippen LogP contribution is 2.36. The molecule has 4 aromatic carbocycles. The Hall–Kier alpha value is -2.08. The van der Waals surface area contributed by atoms with Crippen molar-refractivity contribution in [2.24, 2.45) is 0 Å². The Morgan fingerprint density at radius 3 is 0.654 bits per heavy atom. The van der Waals surface area contributed by atoms with Crippen LogP contribution in [0.4, 0.5) is 0 Å². The predicted molar refractivity (Wildman–Crippen MR) is 237 cm³/mol. The average Bonchev–Trinajstić information content (AvgIpc) is 3.16. The smallest absolute Gasteiger partial charge is 0.00266 e. The summed E-state index contributed by atoms with van der Waals surface area (Å²) in [5.74, 6) is 0. The lowest BCUT2D eigenvalue weighted by atomic mass is 9.90. The molecule has 0 atom stereocenters. The van der Waals surface area contributed by atoms with Crippen LogP contribution in [0.5, 0.6) is 0 Å². The van der Waals surface area contributed by atoms with Crippen LogP contribution in [0, 0.1) is 0 Å². The quantitative estimate of drug-likeness (QED) is 0.0335. The molecule has 0 aliphatic rings. The predicted octanol–water partition coefficient (Wildman–Crippen LogP) is 18.2. The van der Waals surface area contributed by atoms with Gasteiger partial charge in [0.1, 0.15) is 0 Å². The zero-order valence-corrected chi connectivity index (χ0v) is 34.7. The second-order valence-electron chi connectivity index (χ2n) is 17.1. The fraction of sp³-hybridized carbons (Fsp3) is 0.692. The molecule has 0 saturated heterocycles. The Balaban J connectivity index is 1.05. The van der Waals surface area contributed by atoms with Crippen LogP contribution in [0.25, 0.3) is 32.3 Å². The van der Waals surface area contributed by atoms with Gasteiger partial charge in [-0.05, 0) is 69.1 Å². The van der Waals surface area contributed by atoms with Gasteiger partial charge in [0.05, 0.1) is 0 Å². The summed E-state index contributed by atoms with van der Waals surface area (Å²) in [5, 5.41) is 8.72. The zero-order chi connectivity index (χ0) is 36.3. The van der Waals surface area contributed by atoms with E-state index in [9.17, 15) is 0 Å². The molecular formula is C52H82. The van der Waals surface area contributed by atoms with E-state index in [4.69, 9.17) is 0 Å². The van der Waals surface area contributed by atoms with Crippen LogP contribution >= 0.6 is 0 Å². The summed E-state index contributed by atoms with van der Waals surface area (Å²) in [6.45, 7) is 4.62. The van der Waals surface area contributed by atoms with Crippen molar-refractivity contribution in [3.8, 4) is 0 Å². The number of unbranched alkanes of at least 4 members (excludes halogenated alkanes) is 30. The largest absolute Gasteiger partial charge is 0.0654 e. The first kappa shape index (κ1) is 42.7. The van der Waals surface area contributed by atoms with Crippen LogP contribution in [0.1, 0.15) is 230 Å². The molecule has 0 saturated carbocycles. The van der Waals surface area contributed by atoms with Gasteiger partial charge < -0.3 is 0 Å². The maximum Gasteiger partial charge on any atom is -0.00266 e. The van der Waals surface area contributed by atoms with Crippen molar-refractivity contribution in [3.63, 3.8) is 0 Å². The van der Waals surface area contributed by atoms with Crippen molar-refractivity contribution in [2.75, 3.05) is 0 Å². The second-order valence-corrected chi connectivity index (χ2v) is 17.1. The van der Waals surface area contributed by atoms with Crippen LogP contribution in [0.15, 0.2) is 48.5 Å². The van der Waals surface area contributed by atoms with E-state index < -0.39 is 0 Å². The molecule has 0 aliphatic carbocycles. The second kappa shape index (κ2) is 27.5. The molecule has 0 radical (unpaired) electrons. The van der Waals surface area contributed by atoms with E-state index in [2.05, 4.69) is 62.4 Å². The molecule has 290 valence electrons. The lowest BCUT2D eigenvalue weighted by Gasteiger charge is -2.14. The van der Waals surface area contributed by atoms with Gasteiger partial charge in [-0.2, -0.15) is 0 Å². The summed E-state index contributed by atoms with van der Waals surface area (Å²) in [4.78, 5) is 0. The normalized spacial score (nSPS) is 12.0. The van der Waals surface area contributed by atoms with Crippen molar-refractivity contribution in [3.05, 3.63) is 59.7 Å². The Kier molecular flexibility index (Phi) is 22.6. The maximum absolute atomic E-state index is 2.50. The molecule has 0 nitrogen and oxygen atoms in total. The van der Waals surface area contributed by atoms with Gasteiger partial charge in [0.25, 0.3) is 0 Å². The summed E-state index contributed by atoms with van der Waals surface area (Å²) in [7, 11) is 0.